The van der Waals surface area contributed by atoms with Crippen molar-refractivity contribution in [1.29, 1.82) is 0 Å². The fourth-order valence-electron chi connectivity index (χ4n) is 17.4. The Morgan fingerprint density at radius 2 is 0.972 bits per heavy atom. The number of alkyl halides is 6. The Kier molecular flexibility index (Phi) is 30.7. The number of fused-ring (bicyclic) bond motifs is 14. The van der Waals surface area contributed by atoms with E-state index in [0.717, 1.165) is 122 Å². The molecule has 43 nitrogen and oxygen atoms in total. The van der Waals surface area contributed by atoms with E-state index in [-0.39, 0.29) is 28.8 Å². The summed E-state index contributed by atoms with van der Waals surface area (Å²) in [6.07, 6.45) is -40.3. The molecule has 3 fully saturated rings. The Morgan fingerprint density at radius 3 is 1.56 bits per heavy atom. The average molecular weight is 2070 g/mol. The van der Waals surface area contributed by atoms with Gasteiger partial charge in [0.05, 0.1) is 35.9 Å². The number of carbonyl (C=O) groups excluding carboxylic acids is 7. The smallest absolute Gasteiger partial charge is 0.508 e. The van der Waals surface area contributed by atoms with E-state index in [1.54, 1.807) is 0 Å². The van der Waals surface area contributed by atoms with Gasteiger partial charge in [0.2, 0.25) is 59.7 Å². The first kappa shape index (κ1) is 104. The molecule has 9 aliphatic heterocycles. The van der Waals surface area contributed by atoms with Crippen molar-refractivity contribution >= 4 is 70.5 Å². The number of aliphatic hydroxyl groups is 10. The number of phenols is 4. The third kappa shape index (κ3) is 23.1. The zero-order valence-corrected chi connectivity index (χ0v) is 76.1. The minimum atomic E-state index is -5.13. The van der Waals surface area contributed by atoms with Gasteiger partial charge in [0, 0.05) is 55.3 Å². The van der Waals surface area contributed by atoms with Gasteiger partial charge in [-0.2, -0.15) is 0 Å². The number of carbonyl (C=O) groups is 8. The van der Waals surface area contributed by atoms with Crippen molar-refractivity contribution in [2.24, 2.45) is 0 Å². The predicted molar refractivity (Wildman–Crippen MR) is 478 cm³/mol. The number of amides is 7. The molecule has 7 amide bonds. The van der Waals surface area contributed by atoms with E-state index in [1.807, 2.05) is 0 Å². The molecular weight excluding hydrogens is 1980 g/mol. The topological polar surface area (TPSA) is 650 Å². The van der Waals surface area contributed by atoms with Crippen LogP contribution in [0.2, 0.25) is 10.0 Å². The normalized spacial score (nSPS) is 27.5. The van der Waals surface area contributed by atoms with Gasteiger partial charge in [-0.15, -0.1) is 26.3 Å². The molecule has 3 saturated heterocycles. The van der Waals surface area contributed by atoms with Crippen molar-refractivity contribution in [2.45, 2.75) is 180 Å². The molecule has 0 saturated carbocycles. The van der Waals surface area contributed by atoms with Crippen LogP contribution in [0.5, 0.6) is 80.5 Å². The van der Waals surface area contributed by atoms with Gasteiger partial charge in [-0.25, -0.2) is 4.79 Å². The number of benzene rings is 9. The van der Waals surface area contributed by atoms with Crippen molar-refractivity contribution in [2.75, 3.05) is 19.8 Å². The number of carboxylic acid groups (broad SMARTS) is 1. The number of rotatable bonds is 19. The SMILES string of the molecule is CC(=O)N[C@H]1[C@H](O[C@@H]2c3ccc(c(Cl)c3)Oc3cc4cc(c3O[C@@H]3O[C@H](CO)[C@@H](O)[C@H](O)[C@H]3NCc3ccc(OC(F)(F)F)cc3)Oc3ccc(cc3Cl)C[C@H]3NC(=O)[C@H](NCc5ccc(OC(F)(F)F)cc5)c5ccc(O)c(c5)Oc5cc(O)cc(c5)[C@H](NC3=O)C(=O)N[C@H]4C(=O)N[C@H]3C(=O)N[C@@H]2C(=O)N[C@H](C(=O)O)c2cc(O)cc(O[C@H]4O[C@H](CO)[C@@H](O)[C@H](O)[C@@H]4O)c2-c2cc3ccc2O)O[C@H](CO)[C@@H](O)[C@@H]1O. The summed E-state index contributed by atoms with van der Waals surface area (Å²) in [4.78, 5) is 126. The zero-order valence-electron chi connectivity index (χ0n) is 74.6. The highest BCUT2D eigenvalue weighted by Gasteiger charge is 2.53. The van der Waals surface area contributed by atoms with E-state index in [0.29, 0.717) is 0 Å². The summed E-state index contributed by atoms with van der Waals surface area (Å²) in [7, 11) is 0. The minimum absolute atomic E-state index is 0.0266. The molecule has 9 aromatic carbocycles. The van der Waals surface area contributed by atoms with Crippen molar-refractivity contribution in [3.05, 3.63) is 224 Å². The van der Waals surface area contributed by atoms with Gasteiger partial charge in [-0.3, -0.25) is 38.9 Å². The summed E-state index contributed by atoms with van der Waals surface area (Å²) in [6.45, 7) is -3.16. The van der Waals surface area contributed by atoms with E-state index in [2.05, 4.69) is 57.3 Å². The first-order chi connectivity index (χ1) is 68.8. The number of aromatic hydroxyl groups is 4. The van der Waals surface area contributed by atoms with Crippen LogP contribution in [0.3, 0.4) is 0 Å². The van der Waals surface area contributed by atoms with E-state index in [9.17, 15) is 113 Å². The maximum Gasteiger partial charge on any atom is 0.573 e. The lowest BCUT2D eigenvalue weighted by Gasteiger charge is -2.44. The van der Waals surface area contributed by atoms with Gasteiger partial charge in [0.1, 0.15) is 161 Å². The molecule has 18 rings (SSSR count). The van der Waals surface area contributed by atoms with Crippen LogP contribution in [0.25, 0.3) is 11.1 Å². The third-order valence-corrected chi connectivity index (χ3v) is 25.0. The molecule has 0 unspecified atom stereocenters. The Balaban J connectivity index is 0.933. The monoisotopic (exact) mass is 2070 g/mol. The second kappa shape index (κ2) is 42.8. The number of carboxylic acids is 1. The highest BCUT2D eigenvalue weighted by molar-refractivity contribution is 6.32. The molecule has 23 atom stereocenters. The number of aliphatic carboxylic acids is 1. The number of halogens is 8. The van der Waals surface area contributed by atoms with Crippen LogP contribution in [0.4, 0.5) is 26.3 Å². The summed E-state index contributed by atoms with van der Waals surface area (Å²) in [6, 6.07) is 7.59. The Labute approximate surface area is 822 Å². The van der Waals surface area contributed by atoms with E-state index >= 15 is 28.8 Å². The molecule has 9 aliphatic rings. The van der Waals surface area contributed by atoms with Crippen LogP contribution in [-0.4, -0.2) is 261 Å². The van der Waals surface area contributed by atoms with Crippen molar-refractivity contribution in [3.8, 4) is 91.6 Å². The molecule has 17 bridgehead atoms. The van der Waals surface area contributed by atoms with E-state index in [4.69, 9.17) is 65.8 Å². The molecule has 0 spiro atoms. The van der Waals surface area contributed by atoms with Crippen molar-refractivity contribution in [3.63, 3.8) is 0 Å². The number of hydrogen-bond acceptors (Lipinski definition) is 35. The molecule has 145 heavy (non-hydrogen) atoms. The van der Waals surface area contributed by atoms with Gasteiger partial charge in [0.25, 0.3) is 0 Å². The molecule has 9 heterocycles. The van der Waals surface area contributed by atoms with Gasteiger partial charge >= 0.3 is 18.7 Å². The Bertz CT molecular complexity index is 6430. The Hall–Kier alpha value is -13.9. The van der Waals surface area contributed by atoms with Crippen molar-refractivity contribution < 1.29 is 193 Å². The lowest BCUT2D eigenvalue weighted by atomic mass is 9.89. The number of hydrogen-bond donors (Lipinski definition) is 24. The highest BCUT2D eigenvalue weighted by Crippen LogP contribution is 2.52. The van der Waals surface area contributed by atoms with E-state index in [1.165, 1.54) is 48.5 Å². The van der Waals surface area contributed by atoms with Crippen LogP contribution in [0.15, 0.2) is 164 Å². The predicted octanol–water partition coefficient (Wildman–Crippen LogP) is 3.32. The molecule has 51 heteroatoms. The fraction of sp³-hybridized carbons (Fsp3) is 0.340. The maximum absolute atomic E-state index is 17.2. The minimum Gasteiger partial charge on any atom is -0.508 e. The molecule has 9 aromatic rings. The average Bonchev–Trinajstić information content (AvgIpc) is 0.753. The van der Waals surface area contributed by atoms with Gasteiger partial charge in [-0.05, 0) is 148 Å². The summed E-state index contributed by atoms with van der Waals surface area (Å²) in [5, 5.41) is 194. The van der Waals surface area contributed by atoms with Crippen LogP contribution in [0, 0.1) is 0 Å². The molecule has 770 valence electrons. The van der Waals surface area contributed by atoms with Crippen LogP contribution in [-0.2, 0) is 76.8 Å². The van der Waals surface area contributed by atoms with Gasteiger partial charge < -0.3 is 171 Å². The molecule has 0 aliphatic carbocycles. The summed E-state index contributed by atoms with van der Waals surface area (Å²) < 4.78 is 146. The third-order valence-electron chi connectivity index (χ3n) is 24.4. The van der Waals surface area contributed by atoms with Gasteiger partial charge in [-0.1, -0.05) is 71.7 Å². The Morgan fingerprint density at radius 1 is 0.455 bits per heavy atom. The summed E-state index contributed by atoms with van der Waals surface area (Å²) in [5.74, 6) is -21.7. The van der Waals surface area contributed by atoms with Crippen LogP contribution < -0.4 is 81.0 Å². The maximum atomic E-state index is 17.2. The number of aliphatic hydroxyl groups excluding tert-OH is 10. The van der Waals surface area contributed by atoms with Crippen molar-refractivity contribution in [1.82, 2.24) is 47.9 Å². The highest BCUT2D eigenvalue weighted by atomic mass is 35.5. The quantitative estimate of drug-likeness (QED) is 0.0516. The summed E-state index contributed by atoms with van der Waals surface area (Å²) in [5.41, 5.74) is -4.02. The second-order valence-electron chi connectivity index (χ2n) is 34.4. The standard InChI is InChI=1S/C94H89Cl2F6N9O34/c1-35(115)105-72-78(124)75(121)63(33-113)140-91(72)142-81-41-9-17-57(52(96)23-41)137-61-26-43-25-60(82(61)143-90-71(77(123)74(120)62(32-112)139-90)104-31-37-4-12-47(13-5-37)145-94(100,101)102)136-56-16-6-38(18-51(56)95)19-53-83(127)107-68(42-20-44(116)27-48(21-42)135-58-24-40(8-15-55(58)119)66(84(128)106-53)103-30-36-2-10-46(11-3-36)144-93(97,98)99)86(130)109-69(43)87(131)108-67-39-7-14-54(118)49(22-39)65-50(70(89(133)134)110-88(132)73(81)111-85(67)129)28-45(117)29-59(65)138-92-80(126)79(125)76(122)64(34-114)141-92/h2-18,20-29,53,62-64,66-81,90-92,103-104,112-114,116-126H,19,30-34H2,1H3,(H,105,115)(H,106,128)(H,107,127)(H,108,131)(H,109,130)(H,110,132)(H,111,129)(H,133,134)/t53-,62-,63-,64-,66-,67-,68+,69-,70+,71-,72-,73+,74-,75-,76-,77-,78-,79+,80+,81-,90+,91+,92+/m1/s1. The lowest BCUT2D eigenvalue weighted by Crippen LogP contribution is -2.65. The van der Waals surface area contributed by atoms with Gasteiger partial charge in [0.15, 0.2) is 35.3 Å². The number of ether oxygens (including phenoxy) is 11. The first-order valence-corrected chi connectivity index (χ1v) is 44.8. The second-order valence-corrected chi connectivity index (χ2v) is 35.2. The van der Waals surface area contributed by atoms with Crippen LogP contribution >= 0.6 is 23.2 Å². The number of nitrogens with one attached hydrogen (secondary N) is 9. The van der Waals surface area contributed by atoms with E-state index < -0.39 is 363 Å². The summed E-state index contributed by atoms with van der Waals surface area (Å²) >= 11 is 14.8. The first-order valence-electron chi connectivity index (χ1n) is 44.0. The fourth-order valence-corrected chi connectivity index (χ4v) is 17.8. The lowest BCUT2D eigenvalue weighted by molar-refractivity contribution is -0.284. The number of phenolic OH excluding ortho intramolecular Hbond substituents is 4. The molecular formula is C94H89Cl2F6N9O34. The zero-order chi connectivity index (χ0) is 104. The molecule has 0 aromatic heterocycles. The van der Waals surface area contributed by atoms with Crippen LogP contribution in [0.1, 0.15) is 93.3 Å². The molecule has 24 N–H and O–H groups in total. The molecule has 0 radical (unpaired) electrons. The largest absolute Gasteiger partial charge is 0.573 e.